The molecule has 0 saturated carbocycles. The molecule has 0 bridgehead atoms. The Hall–Kier alpha value is -1.26. The van der Waals surface area contributed by atoms with Crippen molar-refractivity contribution in [3.05, 3.63) is 23.8 Å². The van der Waals surface area contributed by atoms with E-state index in [0.717, 1.165) is 43.5 Å². The molecular formula is C14H20N2O2. The van der Waals surface area contributed by atoms with Crippen molar-refractivity contribution >= 4 is 0 Å². The van der Waals surface area contributed by atoms with Crippen LogP contribution in [0.4, 0.5) is 0 Å². The van der Waals surface area contributed by atoms with Gasteiger partial charge < -0.3 is 20.1 Å². The third kappa shape index (κ3) is 2.76. The van der Waals surface area contributed by atoms with Crippen molar-refractivity contribution in [1.82, 2.24) is 10.6 Å². The van der Waals surface area contributed by atoms with Gasteiger partial charge in [0.25, 0.3) is 0 Å². The Morgan fingerprint density at radius 3 is 3.11 bits per heavy atom. The largest absolute Gasteiger partial charge is 0.454 e. The standard InChI is InChI=1S/C14H20N2O2/c1-2-13-14(18-10-17-13)7-11(1)3-5-15-8-12-4-6-16-9-12/h1-2,7,12,15-16H,3-6,8-10H2. The molecule has 1 saturated heterocycles. The van der Waals surface area contributed by atoms with E-state index in [1.165, 1.54) is 18.5 Å². The highest BCUT2D eigenvalue weighted by Crippen LogP contribution is 2.32. The summed E-state index contributed by atoms with van der Waals surface area (Å²) < 4.78 is 10.7. The number of rotatable bonds is 5. The summed E-state index contributed by atoms with van der Waals surface area (Å²) in [6, 6.07) is 6.20. The molecule has 1 fully saturated rings. The minimum atomic E-state index is 0.353. The molecule has 0 aliphatic carbocycles. The van der Waals surface area contributed by atoms with E-state index in [1.54, 1.807) is 0 Å². The van der Waals surface area contributed by atoms with Gasteiger partial charge in [-0.2, -0.15) is 0 Å². The summed E-state index contributed by atoms with van der Waals surface area (Å²) in [5, 5.41) is 6.92. The van der Waals surface area contributed by atoms with Crippen molar-refractivity contribution in [1.29, 1.82) is 0 Å². The Morgan fingerprint density at radius 1 is 1.28 bits per heavy atom. The highest BCUT2D eigenvalue weighted by Gasteiger charge is 2.14. The molecule has 2 aliphatic heterocycles. The molecule has 18 heavy (non-hydrogen) atoms. The Bertz CT molecular complexity index is 403. The SMILES string of the molecule is c1cc2c(cc1CCNCC1CCNC1)OCO2. The zero-order valence-electron chi connectivity index (χ0n) is 10.6. The first-order valence-corrected chi connectivity index (χ1v) is 6.72. The van der Waals surface area contributed by atoms with E-state index in [0.29, 0.717) is 6.79 Å². The van der Waals surface area contributed by atoms with E-state index in [1.807, 2.05) is 6.07 Å². The number of benzene rings is 1. The average molecular weight is 248 g/mol. The molecule has 98 valence electrons. The maximum atomic E-state index is 5.38. The number of ether oxygens (including phenoxy) is 2. The van der Waals surface area contributed by atoms with Gasteiger partial charge in [-0.15, -0.1) is 0 Å². The van der Waals surface area contributed by atoms with E-state index in [2.05, 4.69) is 22.8 Å². The van der Waals surface area contributed by atoms with Crippen LogP contribution in [0.15, 0.2) is 18.2 Å². The molecule has 1 aromatic rings. The van der Waals surface area contributed by atoms with Crippen LogP contribution in [-0.4, -0.2) is 33.0 Å². The minimum Gasteiger partial charge on any atom is -0.454 e. The molecule has 4 nitrogen and oxygen atoms in total. The van der Waals surface area contributed by atoms with E-state index in [9.17, 15) is 0 Å². The lowest BCUT2D eigenvalue weighted by Gasteiger charge is -2.10. The van der Waals surface area contributed by atoms with Crippen molar-refractivity contribution in [3.8, 4) is 11.5 Å². The van der Waals surface area contributed by atoms with Crippen LogP contribution in [0.1, 0.15) is 12.0 Å². The molecule has 3 rings (SSSR count). The molecule has 2 heterocycles. The van der Waals surface area contributed by atoms with Crippen LogP contribution in [0.25, 0.3) is 0 Å². The lowest BCUT2D eigenvalue weighted by atomic mass is 10.1. The van der Waals surface area contributed by atoms with Crippen molar-refractivity contribution in [2.75, 3.05) is 33.0 Å². The second-order valence-corrected chi connectivity index (χ2v) is 5.00. The predicted molar refractivity (Wildman–Crippen MR) is 70.1 cm³/mol. The van der Waals surface area contributed by atoms with Gasteiger partial charge in [-0.05, 0) is 62.6 Å². The molecule has 0 amide bonds. The van der Waals surface area contributed by atoms with Gasteiger partial charge in [0, 0.05) is 0 Å². The fraction of sp³-hybridized carbons (Fsp3) is 0.571. The minimum absolute atomic E-state index is 0.353. The third-order valence-electron chi connectivity index (χ3n) is 3.62. The number of nitrogens with one attached hydrogen (secondary N) is 2. The van der Waals surface area contributed by atoms with Gasteiger partial charge >= 0.3 is 0 Å². The van der Waals surface area contributed by atoms with Gasteiger partial charge in [-0.3, -0.25) is 0 Å². The summed E-state index contributed by atoms with van der Waals surface area (Å²) in [6.45, 7) is 4.84. The van der Waals surface area contributed by atoms with E-state index >= 15 is 0 Å². The quantitative estimate of drug-likeness (QED) is 0.767. The summed E-state index contributed by atoms with van der Waals surface area (Å²) in [4.78, 5) is 0. The highest BCUT2D eigenvalue weighted by atomic mass is 16.7. The monoisotopic (exact) mass is 248 g/mol. The van der Waals surface area contributed by atoms with Gasteiger partial charge in [0.1, 0.15) is 0 Å². The van der Waals surface area contributed by atoms with E-state index in [4.69, 9.17) is 9.47 Å². The van der Waals surface area contributed by atoms with Crippen LogP contribution < -0.4 is 20.1 Å². The first-order chi connectivity index (χ1) is 8.92. The maximum Gasteiger partial charge on any atom is 0.231 e. The molecule has 2 N–H and O–H groups in total. The van der Waals surface area contributed by atoms with Crippen LogP contribution in [0.2, 0.25) is 0 Å². The van der Waals surface area contributed by atoms with Gasteiger partial charge in [-0.25, -0.2) is 0 Å². The van der Waals surface area contributed by atoms with Crippen molar-refractivity contribution in [3.63, 3.8) is 0 Å². The van der Waals surface area contributed by atoms with Crippen LogP contribution in [0.3, 0.4) is 0 Å². The molecule has 0 aromatic heterocycles. The molecular weight excluding hydrogens is 228 g/mol. The summed E-state index contributed by atoms with van der Waals surface area (Å²) >= 11 is 0. The number of hydrogen-bond donors (Lipinski definition) is 2. The van der Waals surface area contributed by atoms with Crippen LogP contribution in [-0.2, 0) is 6.42 Å². The molecule has 0 radical (unpaired) electrons. The van der Waals surface area contributed by atoms with Crippen molar-refractivity contribution in [2.45, 2.75) is 12.8 Å². The molecule has 1 atom stereocenters. The molecule has 2 aliphatic rings. The summed E-state index contributed by atoms with van der Waals surface area (Å²) in [5.41, 5.74) is 1.30. The topological polar surface area (TPSA) is 42.5 Å². The van der Waals surface area contributed by atoms with Gasteiger partial charge in [0.2, 0.25) is 6.79 Å². The predicted octanol–water partition coefficient (Wildman–Crippen LogP) is 1.16. The normalized spacial score (nSPS) is 21.4. The smallest absolute Gasteiger partial charge is 0.231 e. The molecule has 0 spiro atoms. The fourth-order valence-electron chi connectivity index (χ4n) is 2.52. The fourth-order valence-corrected chi connectivity index (χ4v) is 2.52. The molecule has 1 unspecified atom stereocenters. The second-order valence-electron chi connectivity index (χ2n) is 5.00. The van der Waals surface area contributed by atoms with E-state index < -0.39 is 0 Å². The first kappa shape index (κ1) is 11.8. The lowest BCUT2D eigenvalue weighted by molar-refractivity contribution is 0.174. The Morgan fingerprint density at radius 2 is 2.22 bits per heavy atom. The van der Waals surface area contributed by atoms with Gasteiger partial charge in [0.05, 0.1) is 0 Å². The summed E-state index contributed by atoms with van der Waals surface area (Å²) in [5.74, 6) is 2.55. The second kappa shape index (κ2) is 5.59. The summed E-state index contributed by atoms with van der Waals surface area (Å²) in [6.07, 6.45) is 2.34. The Labute approximate surface area is 108 Å². The Kier molecular flexibility index (Phi) is 3.67. The van der Waals surface area contributed by atoms with E-state index in [-0.39, 0.29) is 0 Å². The first-order valence-electron chi connectivity index (χ1n) is 6.72. The van der Waals surface area contributed by atoms with Crippen LogP contribution >= 0.6 is 0 Å². The van der Waals surface area contributed by atoms with Gasteiger partial charge in [-0.1, -0.05) is 6.07 Å². The summed E-state index contributed by atoms with van der Waals surface area (Å²) in [7, 11) is 0. The zero-order valence-corrected chi connectivity index (χ0v) is 10.6. The maximum absolute atomic E-state index is 5.38. The highest BCUT2D eigenvalue weighted by molar-refractivity contribution is 5.44. The van der Waals surface area contributed by atoms with Crippen molar-refractivity contribution in [2.24, 2.45) is 5.92 Å². The molecule has 1 aromatic carbocycles. The average Bonchev–Trinajstić information content (AvgIpc) is 3.05. The third-order valence-corrected chi connectivity index (χ3v) is 3.62. The number of hydrogen-bond acceptors (Lipinski definition) is 4. The van der Waals surface area contributed by atoms with Crippen LogP contribution in [0, 0.1) is 5.92 Å². The number of fused-ring (bicyclic) bond motifs is 1. The van der Waals surface area contributed by atoms with Gasteiger partial charge in [0.15, 0.2) is 11.5 Å². The zero-order chi connectivity index (χ0) is 12.2. The lowest BCUT2D eigenvalue weighted by Crippen LogP contribution is -2.26. The van der Waals surface area contributed by atoms with Crippen molar-refractivity contribution < 1.29 is 9.47 Å². The Balaban J connectivity index is 1.42. The van der Waals surface area contributed by atoms with Crippen LogP contribution in [0.5, 0.6) is 11.5 Å². The molecule has 4 heteroatoms.